The van der Waals surface area contributed by atoms with Crippen LogP contribution in [-0.4, -0.2) is 32.5 Å². The summed E-state index contributed by atoms with van der Waals surface area (Å²) in [5.74, 6) is 0.348. The number of urea groups is 1. The second-order valence-corrected chi connectivity index (χ2v) is 6.95. The van der Waals surface area contributed by atoms with Gasteiger partial charge in [0, 0.05) is 6.20 Å². The molecule has 2 aromatic rings. The standard InChI is InChI=1S/C14H16BrN5O3S/c1-14(2,3)23-13(22)19-8-9(7-17-19)20(24)12(21)18-11-10(15)5-4-6-16-11/h4-8,24H,1-3H3,(H,16,18,21). The molecular weight excluding hydrogens is 398 g/mol. The summed E-state index contributed by atoms with van der Waals surface area (Å²) in [6, 6.07) is 2.91. The maximum atomic E-state index is 12.2. The number of thiol groups is 1. The van der Waals surface area contributed by atoms with E-state index >= 15 is 0 Å². The molecule has 0 saturated heterocycles. The van der Waals surface area contributed by atoms with E-state index in [-0.39, 0.29) is 0 Å². The lowest BCUT2D eigenvalue weighted by Crippen LogP contribution is -2.28. The van der Waals surface area contributed by atoms with Crippen molar-refractivity contribution < 1.29 is 14.3 Å². The van der Waals surface area contributed by atoms with E-state index in [0.29, 0.717) is 16.0 Å². The maximum absolute atomic E-state index is 12.2. The molecule has 2 amide bonds. The van der Waals surface area contributed by atoms with E-state index in [1.54, 1.807) is 39.1 Å². The van der Waals surface area contributed by atoms with E-state index in [0.717, 1.165) is 8.99 Å². The van der Waals surface area contributed by atoms with E-state index in [1.807, 2.05) is 0 Å². The lowest BCUT2D eigenvalue weighted by molar-refractivity contribution is 0.0514. The van der Waals surface area contributed by atoms with Crippen LogP contribution in [0.2, 0.25) is 0 Å². The van der Waals surface area contributed by atoms with Crippen molar-refractivity contribution in [1.82, 2.24) is 14.8 Å². The van der Waals surface area contributed by atoms with E-state index in [1.165, 1.54) is 12.4 Å². The van der Waals surface area contributed by atoms with Crippen molar-refractivity contribution in [3.8, 4) is 0 Å². The molecule has 0 aromatic carbocycles. The minimum atomic E-state index is -0.650. The molecule has 8 nitrogen and oxygen atoms in total. The quantitative estimate of drug-likeness (QED) is 0.732. The van der Waals surface area contributed by atoms with Crippen molar-refractivity contribution in [1.29, 1.82) is 0 Å². The van der Waals surface area contributed by atoms with Gasteiger partial charge in [-0.1, -0.05) is 12.8 Å². The Hall–Kier alpha value is -2.07. The number of amides is 2. The van der Waals surface area contributed by atoms with Gasteiger partial charge in [-0.25, -0.2) is 18.9 Å². The molecular formula is C14H16BrN5O3S. The minimum absolute atomic E-state index is 0.300. The van der Waals surface area contributed by atoms with Crippen LogP contribution in [0.1, 0.15) is 20.8 Å². The first-order chi connectivity index (χ1) is 11.2. The summed E-state index contributed by atoms with van der Waals surface area (Å²) in [5.41, 5.74) is -0.347. The van der Waals surface area contributed by atoms with Crippen LogP contribution in [-0.2, 0) is 4.74 Å². The summed E-state index contributed by atoms with van der Waals surface area (Å²) in [6.07, 6.45) is 3.56. The van der Waals surface area contributed by atoms with Gasteiger partial charge in [-0.05, 0) is 48.8 Å². The van der Waals surface area contributed by atoms with Gasteiger partial charge in [0.25, 0.3) is 0 Å². The number of nitrogens with one attached hydrogen (secondary N) is 1. The molecule has 0 atom stereocenters. The molecule has 0 aliphatic rings. The second kappa shape index (κ2) is 7.22. The highest BCUT2D eigenvalue weighted by atomic mass is 79.9. The number of ether oxygens (including phenoxy) is 1. The Morgan fingerprint density at radius 3 is 2.75 bits per heavy atom. The summed E-state index contributed by atoms with van der Waals surface area (Å²) < 4.78 is 7.82. The van der Waals surface area contributed by atoms with Gasteiger partial charge in [-0.15, -0.1) is 0 Å². The predicted molar refractivity (Wildman–Crippen MR) is 96.3 cm³/mol. The normalized spacial score (nSPS) is 11.0. The molecule has 0 radical (unpaired) electrons. The van der Waals surface area contributed by atoms with Gasteiger partial charge in [0.1, 0.15) is 11.4 Å². The molecule has 2 heterocycles. The van der Waals surface area contributed by atoms with Crippen molar-refractivity contribution in [2.75, 3.05) is 9.62 Å². The van der Waals surface area contributed by atoms with Crippen LogP contribution in [0.3, 0.4) is 0 Å². The van der Waals surface area contributed by atoms with Crippen LogP contribution >= 0.6 is 28.7 Å². The summed E-state index contributed by atoms with van der Waals surface area (Å²) in [7, 11) is 0. The zero-order valence-corrected chi connectivity index (χ0v) is 15.7. The largest absolute Gasteiger partial charge is 0.442 e. The van der Waals surface area contributed by atoms with E-state index in [2.05, 4.69) is 44.1 Å². The van der Waals surface area contributed by atoms with Gasteiger partial charge in [0.2, 0.25) is 0 Å². The second-order valence-electron chi connectivity index (χ2n) is 5.70. The molecule has 0 fully saturated rings. The zero-order chi connectivity index (χ0) is 17.9. The molecule has 2 rings (SSSR count). The van der Waals surface area contributed by atoms with Crippen molar-refractivity contribution in [2.45, 2.75) is 26.4 Å². The summed E-state index contributed by atoms with van der Waals surface area (Å²) in [4.78, 5) is 28.2. The highest BCUT2D eigenvalue weighted by Gasteiger charge is 2.21. The molecule has 0 unspecified atom stereocenters. The first-order valence-electron chi connectivity index (χ1n) is 6.86. The first kappa shape index (κ1) is 18.3. The number of halogens is 1. The molecule has 2 aromatic heterocycles. The molecule has 24 heavy (non-hydrogen) atoms. The Balaban J connectivity index is 2.08. The highest BCUT2D eigenvalue weighted by Crippen LogP contribution is 2.21. The number of aromatic nitrogens is 3. The summed E-state index contributed by atoms with van der Waals surface area (Å²) in [5, 5.41) is 6.46. The van der Waals surface area contributed by atoms with Crippen molar-refractivity contribution in [3.05, 3.63) is 35.2 Å². The number of hydrogen-bond donors (Lipinski definition) is 2. The number of carbonyl (C=O) groups is 2. The van der Waals surface area contributed by atoms with Gasteiger partial charge in [-0.2, -0.15) is 9.78 Å². The third kappa shape index (κ3) is 4.71. The number of anilines is 2. The fourth-order valence-electron chi connectivity index (χ4n) is 1.58. The van der Waals surface area contributed by atoms with Crippen molar-refractivity contribution in [2.24, 2.45) is 0 Å². The Kier molecular flexibility index (Phi) is 5.50. The molecule has 0 bridgehead atoms. The smallest absolute Gasteiger partial charge is 0.435 e. The zero-order valence-electron chi connectivity index (χ0n) is 13.2. The molecule has 128 valence electrons. The topological polar surface area (TPSA) is 89.4 Å². The average molecular weight is 414 g/mol. The first-order valence-corrected chi connectivity index (χ1v) is 8.05. The number of pyridine rings is 1. The van der Waals surface area contributed by atoms with Crippen LogP contribution in [0, 0.1) is 0 Å². The number of nitrogens with zero attached hydrogens (tertiary/aromatic N) is 4. The fourth-order valence-corrected chi connectivity index (χ4v) is 2.09. The average Bonchev–Trinajstić information content (AvgIpc) is 2.97. The lowest BCUT2D eigenvalue weighted by Gasteiger charge is -2.18. The van der Waals surface area contributed by atoms with Crippen molar-refractivity contribution >= 4 is 52.4 Å². The molecule has 0 saturated carbocycles. The number of carbonyl (C=O) groups excluding carboxylic acids is 2. The van der Waals surface area contributed by atoms with Crippen molar-refractivity contribution in [3.63, 3.8) is 0 Å². The Morgan fingerprint density at radius 2 is 2.12 bits per heavy atom. The third-order valence-electron chi connectivity index (χ3n) is 2.57. The van der Waals surface area contributed by atoms with Crippen LogP contribution in [0.25, 0.3) is 0 Å². The molecule has 10 heteroatoms. The van der Waals surface area contributed by atoms with Crippen LogP contribution in [0.15, 0.2) is 35.2 Å². The Labute approximate surface area is 152 Å². The summed E-state index contributed by atoms with van der Waals surface area (Å²) >= 11 is 7.40. The SMILES string of the molecule is CC(C)(C)OC(=O)n1cc(N(S)C(=O)Nc2ncccc2Br)cn1. The van der Waals surface area contributed by atoms with Gasteiger partial charge < -0.3 is 4.74 Å². The highest BCUT2D eigenvalue weighted by molar-refractivity contribution is 9.10. The lowest BCUT2D eigenvalue weighted by atomic mass is 10.2. The molecule has 0 spiro atoms. The summed E-state index contributed by atoms with van der Waals surface area (Å²) in [6.45, 7) is 5.25. The Morgan fingerprint density at radius 1 is 1.42 bits per heavy atom. The van der Waals surface area contributed by atoms with Gasteiger partial charge >= 0.3 is 12.1 Å². The Bertz CT molecular complexity index is 759. The predicted octanol–water partition coefficient (Wildman–Crippen LogP) is 3.71. The van der Waals surface area contributed by atoms with E-state index < -0.39 is 17.7 Å². The molecule has 0 aliphatic carbocycles. The monoisotopic (exact) mass is 413 g/mol. The van der Waals surface area contributed by atoms with E-state index in [4.69, 9.17) is 4.74 Å². The van der Waals surface area contributed by atoms with Crippen LogP contribution in [0.4, 0.5) is 21.1 Å². The minimum Gasteiger partial charge on any atom is -0.442 e. The fraction of sp³-hybridized carbons (Fsp3) is 0.286. The van der Waals surface area contributed by atoms with Gasteiger partial charge in [0.15, 0.2) is 0 Å². The maximum Gasteiger partial charge on any atom is 0.435 e. The molecule has 1 N–H and O–H groups in total. The number of hydrogen-bond acceptors (Lipinski definition) is 6. The third-order valence-corrected chi connectivity index (χ3v) is 3.62. The van der Waals surface area contributed by atoms with Crippen LogP contribution < -0.4 is 9.62 Å². The van der Waals surface area contributed by atoms with E-state index in [9.17, 15) is 9.59 Å². The van der Waals surface area contributed by atoms with Gasteiger partial charge in [-0.3, -0.25) is 5.32 Å². The molecule has 0 aliphatic heterocycles. The van der Waals surface area contributed by atoms with Crippen LogP contribution in [0.5, 0.6) is 0 Å². The van der Waals surface area contributed by atoms with Gasteiger partial charge in [0.05, 0.1) is 22.6 Å². The number of rotatable bonds is 2.